The van der Waals surface area contributed by atoms with Crippen LogP contribution < -0.4 is 4.90 Å². The molecule has 1 N–H and O–H groups in total. The molecule has 3 nitrogen and oxygen atoms in total. The summed E-state index contributed by atoms with van der Waals surface area (Å²) in [5.41, 5.74) is 1.05. The van der Waals surface area contributed by atoms with Crippen molar-refractivity contribution in [2.45, 2.75) is 19.3 Å². The summed E-state index contributed by atoms with van der Waals surface area (Å²) in [6, 6.07) is 3.92. The van der Waals surface area contributed by atoms with Gasteiger partial charge in [0, 0.05) is 19.2 Å². The number of hydrogen-bond donors (Lipinski definition) is 1. The Bertz CT molecular complexity index is 294. The smallest absolute Gasteiger partial charge is 0.100 e. The van der Waals surface area contributed by atoms with Crippen molar-refractivity contribution in [2.75, 3.05) is 11.4 Å². The topological polar surface area (TPSA) is 40.0 Å². The molecule has 68 valence electrons. The second-order valence-corrected chi connectivity index (χ2v) is 3.27. The fourth-order valence-electron chi connectivity index (χ4n) is 1.63. The van der Waals surface area contributed by atoms with E-state index >= 15 is 0 Å². The predicted octanol–water partition coefficient (Wildman–Crippen LogP) is 2.05. The molecule has 0 aromatic carbocycles. The van der Waals surface area contributed by atoms with E-state index in [0.717, 1.165) is 30.9 Å². The zero-order valence-corrected chi connectivity index (χ0v) is 7.53. The Kier molecular flexibility index (Phi) is 2.25. The van der Waals surface area contributed by atoms with Gasteiger partial charge in [-0.05, 0) is 25.0 Å². The molecule has 1 aliphatic rings. The van der Waals surface area contributed by atoms with E-state index in [2.05, 4.69) is 4.98 Å². The number of rotatable bonds is 1. The van der Waals surface area contributed by atoms with Crippen LogP contribution >= 0.6 is 0 Å². The highest BCUT2D eigenvalue weighted by Gasteiger charge is 2.15. The van der Waals surface area contributed by atoms with Crippen LogP contribution in [0.2, 0.25) is 0 Å². The molecule has 0 atom stereocenters. The molecular weight excluding hydrogens is 162 g/mol. The zero-order valence-electron chi connectivity index (χ0n) is 7.53. The van der Waals surface area contributed by atoms with Gasteiger partial charge in [-0.25, -0.2) is 0 Å². The lowest BCUT2D eigenvalue weighted by Crippen LogP contribution is -2.34. The normalized spacial score (nSPS) is 17.5. The quantitative estimate of drug-likeness (QED) is 0.709. The summed E-state index contributed by atoms with van der Waals surface area (Å²) in [5.74, 6) is 0.722. The molecule has 1 fully saturated rings. The monoisotopic (exact) mass is 175 g/mol. The van der Waals surface area contributed by atoms with Crippen molar-refractivity contribution in [3.05, 3.63) is 24.5 Å². The van der Waals surface area contributed by atoms with Gasteiger partial charge in [0.1, 0.15) is 5.84 Å². The summed E-state index contributed by atoms with van der Waals surface area (Å²) >= 11 is 0. The summed E-state index contributed by atoms with van der Waals surface area (Å²) in [6.45, 7) is 0.963. The van der Waals surface area contributed by atoms with E-state index in [0.29, 0.717) is 0 Å². The maximum Gasteiger partial charge on any atom is 0.100 e. The van der Waals surface area contributed by atoms with E-state index in [1.807, 2.05) is 23.2 Å². The van der Waals surface area contributed by atoms with Gasteiger partial charge in [0.25, 0.3) is 0 Å². The zero-order chi connectivity index (χ0) is 9.10. The van der Waals surface area contributed by atoms with Crippen LogP contribution in [0.15, 0.2) is 24.5 Å². The van der Waals surface area contributed by atoms with Crippen LogP contribution in [0.3, 0.4) is 0 Å². The van der Waals surface area contributed by atoms with E-state index in [-0.39, 0.29) is 0 Å². The van der Waals surface area contributed by atoms with Crippen molar-refractivity contribution in [1.29, 1.82) is 5.41 Å². The maximum absolute atomic E-state index is 7.78. The molecule has 13 heavy (non-hydrogen) atoms. The highest BCUT2D eigenvalue weighted by atomic mass is 15.2. The highest BCUT2D eigenvalue weighted by molar-refractivity contribution is 5.95. The Labute approximate surface area is 77.9 Å². The third kappa shape index (κ3) is 1.69. The number of nitrogens with zero attached hydrogens (tertiary/aromatic N) is 2. The molecular formula is C10H13N3. The number of nitrogens with one attached hydrogen (secondary N) is 1. The Morgan fingerprint density at radius 1 is 1.38 bits per heavy atom. The van der Waals surface area contributed by atoms with E-state index in [1.54, 1.807) is 6.20 Å². The summed E-state index contributed by atoms with van der Waals surface area (Å²) in [5, 5.41) is 7.78. The Morgan fingerprint density at radius 3 is 3.00 bits per heavy atom. The van der Waals surface area contributed by atoms with Crippen LogP contribution in [0.5, 0.6) is 0 Å². The molecule has 0 saturated carbocycles. The van der Waals surface area contributed by atoms with Gasteiger partial charge in [0.05, 0.1) is 11.9 Å². The lowest BCUT2D eigenvalue weighted by molar-refractivity contribution is 0.707. The number of anilines is 1. The first kappa shape index (κ1) is 8.23. The molecule has 2 heterocycles. The third-order valence-corrected chi connectivity index (χ3v) is 2.33. The molecule has 1 saturated heterocycles. The van der Waals surface area contributed by atoms with Crippen LogP contribution in [-0.2, 0) is 0 Å². The van der Waals surface area contributed by atoms with Crippen molar-refractivity contribution in [2.24, 2.45) is 0 Å². The largest absolute Gasteiger partial charge is 0.329 e. The van der Waals surface area contributed by atoms with Crippen molar-refractivity contribution in [1.82, 2.24) is 4.98 Å². The Morgan fingerprint density at radius 2 is 2.31 bits per heavy atom. The van der Waals surface area contributed by atoms with Crippen molar-refractivity contribution in [3.63, 3.8) is 0 Å². The molecule has 0 unspecified atom stereocenters. The first-order valence-electron chi connectivity index (χ1n) is 4.63. The van der Waals surface area contributed by atoms with Gasteiger partial charge in [0.15, 0.2) is 0 Å². The average Bonchev–Trinajstić information content (AvgIpc) is 2.20. The number of hydrogen-bond acceptors (Lipinski definition) is 2. The van der Waals surface area contributed by atoms with E-state index in [1.165, 1.54) is 6.42 Å². The second-order valence-electron chi connectivity index (χ2n) is 3.27. The molecule has 2 rings (SSSR count). The molecule has 0 bridgehead atoms. The van der Waals surface area contributed by atoms with Gasteiger partial charge in [-0.2, -0.15) is 0 Å². The van der Waals surface area contributed by atoms with Crippen LogP contribution in [0.25, 0.3) is 0 Å². The first-order valence-corrected chi connectivity index (χ1v) is 4.63. The van der Waals surface area contributed by atoms with Crippen LogP contribution in [-0.4, -0.2) is 17.4 Å². The van der Waals surface area contributed by atoms with Crippen LogP contribution in [0.1, 0.15) is 19.3 Å². The summed E-state index contributed by atoms with van der Waals surface area (Å²) < 4.78 is 0. The van der Waals surface area contributed by atoms with Gasteiger partial charge in [-0.1, -0.05) is 0 Å². The minimum absolute atomic E-state index is 0.722. The predicted molar refractivity (Wildman–Crippen MR) is 53.2 cm³/mol. The fraction of sp³-hybridized carbons (Fsp3) is 0.400. The summed E-state index contributed by atoms with van der Waals surface area (Å²) in [4.78, 5) is 6.09. The van der Waals surface area contributed by atoms with Gasteiger partial charge >= 0.3 is 0 Å². The lowest BCUT2D eigenvalue weighted by atomic mass is 10.1. The first-order chi connectivity index (χ1) is 6.38. The van der Waals surface area contributed by atoms with Crippen molar-refractivity contribution in [3.8, 4) is 0 Å². The van der Waals surface area contributed by atoms with E-state index < -0.39 is 0 Å². The van der Waals surface area contributed by atoms with E-state index in [4.69, 9.17) is 5.41 Å². The number of aromatic nitrogens is 1. The Hall–Kier alpha value is -1.38. The minimum atomic E-state index is 0.722. The number of pyridine rings is 1. The number of piperidine rings is 1. The molecule has 0 radical (unpaired) electrons. The SMILES string of the molecule is N=C1CCCCN1c1cccnc1. The molecule has 1 aliphatic heterocycles. The van der Waals surface area contributed by atoms with Gasteiger partial charge < -0.3 is 4.90 Å². The standard InChI is InChI=1S/C10H13N3/c11-10-5-1-2-7-13(10)9-4-3-6-12-8-9/h3-4,6,8,11H,1-2,5,7H2. The van der Waals surface area contributed by atoms with E-state index in [9.17, 15) is 0 Å². The maximum atomic E-state index is 7.78. The van der Waals surface area contributed by atoms with Gasteiger partial charge in [0.2, 0.25) is 0 Å². The highest BCUT2D eigenvalue weighted by Crippen LogP contribution is 2.19. The van der Waals surface area contributed by atoms with Crippen LogP contribution in [0.4, 0.5) is 5.69 Å². The number of amidine groups is 1. The summed E-state index contributed by atoms with van der Waals surface area (Å²) in [6.07, 6.45) is 6.80. The fourth-order valence-corrected chi connectivity index (χ4v) is 1.63. The molecule has 0 amide bonds. The minimum Gasteiger partial charge on any atom is -0.329 e. The lowest BCUT2D eigenvalue weighted by Gasteiger charge is -2.28. The van der Waals surface area contributed by atoms with Gasteiger partial charge in [-0.15, -0.1) is 0 Å². The Balaban J connectivity index is 2.20. The average molecular weight is 175 g/mol. The second kappa shape index (κ2) is 3.56. The molecule has 1 aromatic heterocycles. The molecule has 1 aromatic rings. The summed E-state index contributed by atoms with van der Waals surface area (Å²) in [7, 11) is 0. The van der Waals surface area contributed by atoms with Crippen LogP contribution in [0, 0.1) is 5.41 Å². The third-order valence-electron chi connectivity index (χ3n) is 2.33. The molecule has 0 spiro atoms. The molecule has 0 aliphatic carbocycles. The van der Waals surface area contributed by atoms with Gasteiger partial charge in [-0.3, -0.25) is 10.4 Å². The van der Waals surface area contributed by atoms with Crippen molar-refractivity contribution >= 4 is 11.5 Å². The molecule has 3 heteroatoms. The van der Waals surface area contributed by atoms with Crippen molar-refractivity contribution < 1.29 is 0 Å².